The van der Waals surface area contributed by atoms with Gasteiger partial charge in [-0.2, -0.15) is 0 Å². The van der Waals surface area contributed by atoms with Gasteiger partial charge in [-0.05, 0) is 66.4 Å². The first kappa shape index (κ1) is 21.5. The third kappa shape index (κ3) is 5.13. The van der Waals surface area contributed by atoms with E-state index in [2.05, 4.69) is 116 Å². The molecule has 0 spiro atoms. The molecule has 0 bridgehead atoms. The Morgan fingerprint density at radius 1 is 0.844 bits per heavy atom. The van der Waals surface area contributed by atoms with Gasteiger partial charge in [0.15, 0.2) is 0 Å². The lowest BCUT2D eigenvalue weighted by atomic mass is 10.0. The summed E-state index contributed by atoms with van der Waals surface area (Å²) >= 11 is 0. The van der Waals surface area contributed by atoms with E-state index in [-0.39, 0.29) is 0 Å². The Kier molecular flexibility index (Phi) is 6.78. The number of rotatable bonds is 7. The predicted molar refractivity (Wildman–Crippen MR) is 138 cm³/mol. The zero-order valence-corrected chi connectivity index (χ0v) is 18.7. The molecule has 3 nitrogen and oxygen atoms in total. The second kappa shape index (κ2) is 10.1. The van der Waals surface area contributed by atoms with Crippen LogP contribution in [0.3, 0.4) is 0 Å². The van der Waals surface area contributed by atoms with Gasteiger partial charge in [0.05, 0.1) is 11.4 Å². The van der Waals surface area contributed by atoms with Gasteiger partial charge in [0.2, 0.25) is 0 Å². The molecular formula is C29H29N3. The molecule has 0 fully saturated rings. The molecule has 2 N–H and O–H groups in total. The Bertz CT molecular complexity index is 1220. The zero-order chi connectivity index (χ0) is 22.3. The van der Waals surface area contributed by atoms with Gasteiger partial charge in [-0.25, -0.2) is 4.99 Å². The summed E-state index contributed by atoms with van der Waals surface area (Å²) in [6.07, 6.45) is 13.5. The van der Waals surface area contributed by atoms with E-state index in [0.29, 0.717) is 6.54 Å². The molecule has 1 aromatic heterocycles. The molecular weight excluding hydrogens is 390 g/mol. The molecule has 3 aromatic rings. The van der Waals surface area contributed by atoms with E-state index >= 15 is 0 Å². The maximum atomic E-state index is 5.90. The maximum Gasteiger partial charge on any atom is 0.0720 e. The molecule has 4 rings (SSSR count). The first-order valence-electron chi connectivity index (χ1n) is 11.0. The second-order valence-corrected chi connectivity index (χ2v) is 7.98. The van der Waals surface area contributed by atoms with Crippen LogP contribution in [-0.2, 0) is 7.05 Å². The van der Waals surface area contributed by atoms with Crippen LogP contribution in [-0.4, -0.2) is 16.8 Å². The fourth-order valence-corrected chi connectivity index (χ4v) is 3.87. The van der Waals surface area contributed by atoms with Crippen molar-refractivity contribution in [2.24, 2.45) is 17.8 Å². The molecule has 0 aliphatic carbocycles. The summed E-state index contributed by atoms with van der Waals surface area (Å²) < 4.78 is 2.13. The molecule has 0 saturated heterocycles. The van der Waals surface area contributed by atoms with Crippen molar-refractivity contribution in [3.8, 4) is 0 Å². The number of nitrogens with two attached hydrogens (primary N) is 1. The van der Waals surface area contributed by atoms with Crippen molar-refractivity contribution in [2.45, 2.75) is 13.3 Å². The first-order valence-corrected chi connectivity index (χ1v) is 11.0. The number of benzene rings is 2. The highest BCUT2D eigenvalue weighted by molar-refractivity contribution is 6.10. The van der Waals surface area contributed by atoms with Gasteiger partial charge in [0, 0.05) is 24.5 Å². The molecule has 1 aliphatic heterocycles. The van der Waals surface area contributed by atoms with Gasteiger partial charge in [-0.3, -0.25) is 0 Å². The monoisotopic (exact) mass is 419 g/mol. The van der Waals surface area contributed by atoms with Crippen LogP contribution in [0.1, 0.15) is 35.7 Å². The number of hydrogen-bond acceptors (Lipinski definition) is 2. The fourth-order valence-electron chi connectivity index (χ4n) is 3.87. The lowest BCUT2D eigenvalue weighted by Gasteiger charge is -2.11. The Balaban J connectivity index is 1.51. The number of allylic oxidation sites excluding steroid dienone is 3. The summed E-state index contributed by atoms with van der Waals surface area (Å²) in [4.78, 5) is 4.92. The van der Waals surface area contributed by atoms with Gasteiger partial charge in [0.25, 0.3) is 0 Å². The third-order valence-electron chi connectivity index (χ3n) is 5.56. The van der Waals surface area contributed by atoms with Gasteiger partial charge in [-0.1, -0.05) is 72.8 Å². The topological polar surface area (TPSA) is 43.3 Å². The van der Waals surface area contributed by atoms with Gasteiger partial charge >= 0.3 is 0 Å². The van der Waals surface area contributed by atoms with Crippen LogP contribution in [0.2, 0.25) is 0 Å². The summed E-state index contributed by atoms with van der Waals surface area (Å²) in [5.74, 6) is 0. The number of aryl methyl sites for hydroxylation is 1. The van der Waals surface area contributed by atoms with Crippen molar-refractivity contribution in [2.75, 3.05) is 6.54 Å². The molecule has 160 valence electrons. The van der Waals surface area contributed by atoms with Crippen molar-refractivity contribution in [3.63, 3.8) is 0 Å². The van der Waals surface area contributed by atoms with Crippen molar-refractivity contribution in [1.29, 1.82) is 0 Å². The number of aromatic nitrogens is 1. The van der Waals surface area contributed by atoms with Gasteiger partial charge in [0.1, 0.15) is 0 Å². The molecule has 0 saturated carbocycles. The standard InChI is InChI=1S/C29H29N3/c1-22-21-26(31-29(22)27(18-19-30)28-9-6-20-32(28)2)17-16-25-14-12-24(13-15-25)11-10-23-7-4-3-5-8-23/h3-17,20-21H,18-19,30H2,1-2H3/b11-10+,17-16+,29-27-. The molecule has 3 heteroatoms. The molecule has 0 unspecified atom stereocenters. The van der Waals surface area contributed by atoms with E-state index in [4.69, 9.17) is 10.7 Å². The van der Waals surface area contributed by atoms with Crippen LogP contribution >= 0.6 is 0 Å². The van der Waals surface area contributed by atoms with Crippen molar-refractivity contribution >= 4 is 29.5 Å². The third-order valence-corrected chi connectivity index (χ3v) is 5.56. The molecule has 0 radical (unpaired) electrons. The highest BCUT2D eigenvalue weighted by atomic mass is 14.9. The minimum atomic E-state index is 0.600. The normalized spacial score (nSPS) is 15.5. The van der Waals surface area contributed by atoms with E-state index in [9.17, 15) is 0 Å². The summed E-state index contributed by atoms with van der Waals surface area (Å²) in [6, 6.07) is 23.1. The van der Waals surface area contributed by atoms with Crippen molar-refractivity contribution < 1.29 is 0 Å². The highest BCUT2D eigenvalue weighted by Crippen LogP contribution is 2.31. The Morgan fingerprint density at radius 2 is 1.47 bits per heavy atom. The summed E-state index contributed by atoms with van der Waals surface area (Å²) in [7, 11) is 2.06. The average Bonchev–Trinajstić information content (AvgIpc) is 3.41. The maximum absolute atomic E-state index is 5.90. The minimum absolute atomic E-state index is 0.600. The van der Waals surface area contributed by atoms with E-state index < -0.39 is 0 Å². The molecule has 2 heterocycles. The predicted octanol–water partition coefficient (Wildman–Crippen LogP) is 6.37. The van der Waals surface area contributed by atoms with Crippen LogP contribution in [0.5, 0.6) is 0 Å². The molecule has 0 atom stereocenters. The van der Waals surface area contributed by atoms with Gasteiger partial charge < -0.3 is 10.3 Å². The quantitative estimate of drug-likeness (QED) is 0.444. The Labute approximate surface area is 190 Å². The summed E-state index contributed by atoms with van der Waals surface area (Å²) in [5.41, 5.74) is 15.0. The number of hydrogen-bond donors (Lipinski definition) is 1. The Hall–Kier alpha value is -3.69. The smallest absolute Gasteiger partial charge is 0.0720 e. The highest BCUT2D eigenvalue weighted by Gasteiger charge is 2.17. The molecule has 1 aliphatic rings. The van der Waals surface area contributed by atoms with Crippen LogP contribution in [0.25, 0.3) is 23.8 Å². The van der Waals surface area contributed by atoms with E-state index in [0.717, 1.165) is 23.4 Å². The van der Waals surface area contributed by atoms with E-state index in [1.54, 1.807) is 0 Å². The van der Waals surface area contributed by atoms with Crippen LogP contribution in [0.4, 0.5) is 0 Å². The SMILES string of the molecule is CC1=CC(/C=C/c2ccc(/C=C/c3ccccc3)cc2)=NC/1=C(/CCN)c1cccn1C. The van der Waals surface area contributed by atoms with E-state index in [1.807, 2.05) is 6.07 Å². The van der Waals surface area contributed by atoms with Crippen LogP contribution in [0.15, 0.2) is 101 Å². The lowest BCUT2D eigenvalue weighted by molar-refractivity contribution is 0.888. The summed E-state index contributed by atoms with van der Waals surface area (Å²) in [6.45, 7) is 2.72. The van der Waals surface area contributed by atoms with Crippen LogP contribution in [0, 0.1) is 0 Å². The van der Waals surface area contributed by atoms with E-state index in [1.165, 1.54) is 28.0 Å². The molecule has 0 amide bonds. The van der Waals surface area contributed by atoms with Crippen LogP contribution < -0.4 is 5.73 Å². The average molecular weight is 420 g/mol. The summed E-state index contributed by atoms with van der Waals surface area (Å²) in [5, 5.41) is 0. The van der Waals surface area contributed by atoms with Gasteiger partial charge in [-0.15, -0.1) is 0 Å². The largest absolute Gasteiger partial charge is 0.351 e. The zero-order valence-electron chi connectivity index (χ0n) is 18.7. The molecule has 32 heavy (non-hydrogen) atoms. The van der Waals surface area contributed by atoms with Crippen molar-refractivity contribution in [3.05, 3.63) is 119 Å². The van der Waals surface area contributed by atoms with Crippen molar-refractivity contribution in [1.82, 2.24) is 4.57 Å². The second-order valence-electron chi connectivity index (χ2n) is 7.98. The first-order chi connectivity index (χ1) is 15.6. The lowest BCUT2D eigenvalue weighted by Crippen LogP contribution is -2.05. The fraction of sp³-hybridized carbons (Fsp3) is 0.138. The number of nitrogens with zero attached hydrogens (tertiary/aromatic N) is 2. The number of aliphatic imine (C=N–C) groups is 1. The minimum Gasteiger partial charge on any atom is -0.351 e. The Morgan fingerprint density at radius 3 is 2.06 bits per heavy atom. The molecule has 2 aromatic carbocycles.